The molecular formula is C15H34O2. The Morgan fingerprint density at radius 1 is 0.941 bits per heavy atom. The average molecular weight is 246 g/mol. The van der Waals surface area contributed by atoms with Gasteiger partial charge in [0, 0.05) is 7.11 Å². The zero-order chi connectivity index (χ0) is 14.3. The lowest BCUT2D eigenvalue weighted by Gasteiger charge is -2.14. The molecule has 2 nitrogen and oxygen atoms in total. The lowest BCUT2D eigenvalue weighted by molar-refractivity contribution is -0.114. The molecule has 0 aliphatic heterocycles. The predicted octanol–water partition coefficient (Wildman–Crippen LogP) is 5.00. The molecule has 0 fully saturated rings. The molecule has 0 aromatic carbocycles. The normalized spacial score (nSPS) is 9.65. The molecule has 0 atom stereocenters. The van der Waals surface area contributed by atoms with Gasteiger partial charge in [-0.1, -0.05) is 46.0 Å². The maximum Gasteiger partial charge on any atom is 0.126 e. The van der Waals surface area contributed by atoms with Crippen LogP contribution in [0.3, 0.4) is 0 Å². The molecule has 0 aliphatic carbocycles. The molecule has 0 N–H and O–H groups in total. The fourth-order valence-corrected chi connectivity index (χ4v) is 0.677. The molecule has 0 bridgehead atoms. The standard InChI is InChI=1S/C7H16.C5H12O.C3H6O/c1-3-5-7-6-4-2;1-5(2,3)6-4;1-3(2)4/h3-7H2,1-2H3;1-4H3;1-2H3. The minimum atomic E-state index is 0.0417. The van der Waals surface area contributed by atoms with Crippen LogP contribution in [-0.4, -0.2) is 18.5 Å². The van der Waals surface area contributed by atoms with Crippen LogP contribution in [0.1, 0.15) is 80.6 Å². The number of ether oxygens (including phenoxy) is 1. The van der Waals surface area contributed by atoms with Gasteiger partial charge in [-0.2, -0.15) is 0 Å². The van der Waals surface area contributed by atoms with Crippen LogP contribution in [0.5, 0.6) is 0 Å². The number of rotatable bonds is 4. The van der Waals surface area contributed by atoms with Gasteiger partial charge < -0.3 is 9.53 Å². The van der Waals surface area contributed by atoms with Gasteiger partial charge >= 0.3 is 0 Å². The van der Waals surface area contributed by atoms with E-state index in [1.807, 2.05) is 20.8 Å². The van der Waals surface area contributed by atoms with Crippen molar-refractivity contribution in [2.24, 2.45) is 0 Å². The summed E-state index contributed by atoms with van der Waals surface area (Å²) in [7, 11) is 1.71. The van der Waals surface area contributed by atoms with Crippen LogP contribution in [0, 0.1) is 0 Å². The average Bonchev–Trinajstić information content (AvgIpc) is 2.18. The highest BCUT2D eigenvalue weighted by Gasteiger charge is 2.03. The molecule has 0 rings (SSSR count). The van der Waals surface area contributed by atoms with Crippen LogP contribution >= 0.6 is 0 Å². The minimum Gasteiger partial charge on any atom is -0.379 e. The van der Waals surface area contributed by atoms with Crippen molar-refractivity contribution < 1.29 is 9.53 Å². The first-order valence-corrected chi connectivity index (χ1v) is 6.73. The van der Waals surface area contributed by atoms with Gasteiger partial charge in [0.25, 0.3) is 0 Å². The summed E-state index contributed by atoms with van der Waals surface area (Å²) in [6.45, 7) is 13.6. The number of methoxy groups -OCH3 is 1. The number of hydrogen-bond acceptors (Lipinski definition) is 2. The topological polar surface area (TPSA) is 26.3 Å². The zero-order valence-electron chi connectivity index (χ0n) is 13.4. The first-order chi connectivity index (χ1) is 7.71. The monoisotopic (exact) mass is 246 g/mol. The molecule has 0 saturated carbocycles. The van der Waals surface area contributed by atoms with Crippen molar-refractivity contribution in [3.8, 4) is 0 Å². The van der Waals surface area contributed by atoms with Gasteiger partial charge in [0.2, 0.25) is 0 Å². The van der Waals surface area contributed by atoms with Crippen molar-refractivity contribution in [1.29, 1.82) is 0 Å². The molecule has 0 aromatic rings. The van der Waals surface area contributed by atoms with Gasteiger partial charge in [0.1, 0.15) is 5.78 Å². The van der Waals surface area contributed by atoms with Crippen molar-refractivity contribution in [3.63, 3.8) is 0 Å². The third-order valence-corrected chi connectivity index (χ3v) is 1.82. The lowest BCUT2D eigenvalue weighted by Crippen LogP contribution is -2.15. The molecular weight excluding hydrogens is 212 g/mol. The smallest absolute Gasteiger partial charge is 0.126 e. The van der Waals surface area contributed by atoms with Gasteiger partial charge in [0.15, 0.2) is 0 Å². The van der Waals surface area contributed by atoms with E-state index in [1.54, 1.807) is 7.11 Å². The third-order valence-electron chi connectivity index (χ3n) is 1.82. The minimum absolute atomic E-state index is 0.0417. The maximum absolute atomic E-state index is 9.44. The summed E-state index contributed by atoms with van der Waals surface area (Å²) in [4.78, 5) is 9.44. The van der Waals surface area contributed by atoms with Gasteiger partial charge in [-0.05, 0) is 34.6 Å². The largest absolute Gasteiger partial charge is 0.379 e. The fraction of sp³-hybridized carbons (Fsp3) is 0.933. The Labute approximate surface area is 109 Å². The highest BCUT2D eigenvalue weighted by atomic mass is 16.5. The number of carbonyl (C=O) groups is 1. The Morgan fingerprint density at radius 2 is 1.18 bits per heavy atom. The van der Waals surface area contributed by atoms with E-state index in [4.69, 9.17) is 4.74 Å². The van der Waals surface area contributed by atoms with E-state index in [0.717, 1.165) is 0 Å². The molecule has 0 aromatic heterocycles. The van der Waals surface area contributed by atoms with Crippen LogP contribution in [0.4, 0.5) is 0 Å². The number of unbranched alkanes of at least 4 members (excludes halogenated alkanes) is 4. The van der Waals surface area contributed by atoms with Crippen molar-refractivity contribution in [1.82, 2.24) is 0 Å². The predicted molar refractivity (Wildman–Crippen MR) is 77.6 cm³/mol. The van der Waals surface area contributed by atoms with E-state index in [9.17, 15) is 4.79 Å². The Balaban J connectivity index is -0.000000180. The Hall–Kier alpha value is -0.370. The first-order valence-electron chi connectivity index (χ1n) is 6.73. The van der Waals surface area contributed by atoms with Crippen LogP contribution in [0.25, 0.3) is 0 Å². The summed E-state index contributed by atoms with van der Waals surface area (Å²) in [6.07, 6.45) is 7.01. The molecule has 2 heteroatoms. The number of hydrogen-bond donors (Lipinski definition) is 0. The highest BCUT2D eigenvalue weighted by Crippen LogP contribution is 2.02. The van der Waals surface area contributed by atoms with E-state index in [1.165, 1.54) is 46.0 Å². The van der Waals surface area contributed by atoms with Gasteiger partial charge in [-0.25, -0.2) is 0 Å². The molecule has 0 unspecified atom stereocenters. The van der Waals surface area contributed by atoms with E-state index in [0.29, 0.717) is 0 Å². The maximum atomic E-state index is 9.44. The van der Waals surface area contributed by atoms with E-state index in [-0.39, 0.29) is 11.4 Å². The summed E-state index contributed by atoms with van der Waals surface area (Å²) in [5, 5.41) is 0. The van der Waals surface area contributed by atoms with E-state index in [2.05, 4.69) is 13.8 Å². The van der Waals surface area contributed by atoms with E-state index < -0.39 is 0 Å². The summed E-state index contributed by atoms with van der Waals surface area (Å²) in [6, 6.07) is 0. The Morgan fingerprint density at radius 3 is 1.29 bits per heavy atom. The molecule has 0 aliphatic rings. The second-order valence-electron chi connectivity index (χ2n) is 5.29. The fourth-order valence-electron chi connectivity index (χ4n) is 0.677. The Kier molecular flexibility index (Phi) is 20.1. The quantitative estimate of drug-likeness (QED) is 0.652. The van der Waals surface area contributed by atoms with Crippen LogP contribution in [-0.2, 0) is 9.53 Å². The van der Waals surface area contributed by atoms with Gasteiger partial charge in [-0.3, -0.25) is 0 Å². The number of ketones is 1. The van der Waals surface area contributed by atoms with E-state index >= 15 is 0 Å². The summed E-state index contributed by atoms with van der Waals surface area (Å²) in [5.41, 5.74) is 0.0417. The molecule has 17 heavy (non-hydrogen) atoms. The van der Waals surface area contributed by atoms with Crippen LogP contribution in [0.15, 0.2) is 0 Å². The first kappa shape index (κ1) is 21.9. The van der Waals surface area contributed by atoms with Crippen molar-refractivity contribution >= 4 is 5.78 Å². The zero-order valence-corrected chi connectivity index (χ0v) is 13.4. The molecule has 106 valence electrons. The van der Waals surface area contributed by atoms with Crippen LogP contribution in [0.2, 0.25) is 0 Å². The second-order valence-corrected chi connectivity index (χ2v) is 5.29. The highest BCUT2D eigenvalue weighted by molar-refractivity contribution is 5.72. The lowest BCUT2D eigenvalue weighted by atomic mass is 10.2. The SMILES string of the molecule is CC(C)=O.CCCCCCC.COC(C)(C)C. The van der Waals surface area contributed by atoms with Crippen molar-refractivity contribution in [3.05, 3.63) is 0 Å². The molecule has 0 spiro atoms. The van der Waals surface area contributed by atoms with Crippen LogP contribution < -0.4 is 0 Å². The number of carbonyl (C=O) groups excluding carboxylic acids is 1. The van der Waals surface area contributed by atoms with Crippen molar-refractivity contribution in [2.75, 3.05) is 7.11 Å². The summed E-state index contributed by atoms with van der Waals surface area (Å²) < 4.78 is 4.94. The van der Waals surface area contributed by atoms with Gasteiger partial charge in [-0.15, -0.1) is 0 Å². The molecule has 0 saturated heterocycles. The molecule has 0 heterocycles. The second kappa shape index (κ2) is 15.6. The molecule has 0 radical (unpaired) electrons. The molecule has 0 amide bonds. The number of Topliss-reactive ketones (excluding diaryl/α,β-unsaturated/α-hetero) is 1. The van der Waals surface area contributed by atoms with Gasteiger partial charge in [0.05, 0.1) is 5.60 Å². The Bertz CT molecular complexity index is 137. The third kappa shape index (κ3) is 66.1. The van der Waals surface area contributed by atoms with Crippen molar-refractivity contribution in [2.45, 2.75) is 86.2 Å². The summed E-state index contributed by atoms with van der Waals surface area (Å²) in [5.74, 6) is 0.167. The summed E-state index contributed by atoms with van der Waals surface area (Å²) >= 11 is 0.